The predicted octanol–water partition coefficient (Wildman–Crippen LogP) is 3.07. The molecule has 2 aromatic rings. The van der Waals surface area contributed by atoms with Gasteiger partial charge in [0.05, 0.1) is 4.90 Å². The summed E-state index contributed by atoms with van der Waals surface area (Å²) < 4.78 is 26.1. The first-order valence-corrected chi connectivity index (χ1v) is 8.07. The molecule has 0 aromatic heterocycles. The Labute approximate surface area is 120 Å². The fourth-order valence-corrected chi connectivity index (χ4v) is 3.17. The normalized spacial score (nSPS) is 11.8. The first-order chi connectivity index (χ1) is 9.54. The fourth-order valence-electron chi connectivity index (χ4n) is 1.99. The molecule has 0 aliphatic heterocycles. The van der Waals surface area contributed by atoms with Crippen molar-refractivity contribution < 1.29 is 8.42 Å². The van der Waals surface area contributed by atoms with E-state index in [9.17, 15) is 8.42 Å². The van der Waals surface area contributed by atoms with Crippen molar-refractivity contribution in [3.8, 4) is 0 Å². The third-order valence-corrected chi connectivity index (χ3v) is 5.11. The lowest BCUT2D eigenvalue weighted by atomic mass is 10.1. The highest BCUT2D eigenvalue weighted by Crippen LogP contribution is 2.16. The summed E-state index contributed by atoms with van der Waals surface area (Å²) in [6.07, 6.45) is 0.985. The predicted molar refractivity (Wildman–Crippen MR) is 80.9 cm³/mol. The maximum absolute atomic E-state index is 12.4. The van der Waals surface area contributed by atoms with Crippen LogP contribution in [0.3, 0.4) is 0 Å². The molecule has 0 N–H and O–H groups in total. The molecule has 0 atom stereocenters. The Morgan fingerprint density at radius 2 is 1.45 bits per heavy atom. The first-order valence-electron chi connectivity index (χ1n) is 6.63. The minimum absolute atomic E-state index is 0.327. The summed E-state index contributed by atoms with van der Waals surface area (Å²) in [4.78, 5) is 0.327. The van der Waals surface area contributed by atoms with Crippen molar-refractivity contribution in [2.75, 3.05) is 7.05 Å². The van der Waals surface area contributed by atoms with E-state index < -0.39 is 10.0 Å². The van der Waals surface area contributed by atoms with Crippen molar-refractivity contribution >= 4 is 10.0 Å². The number of hydrogen-bond acceptors (Lipinski definition) is 2. The summed E-state index contributed by atoms with van der Waals surface area (Å²) in [6.45, 7) is 2.47. The van der Waals surface area contributed by atoms with Crippen LogP contribution >= 0.6 is 0 Å². The lowest BCUT2D eigenvalue weighted by Gasteiger charge is -2.17. The van der Waals surface area contributed by atoms with Crippen LogP contribution in [-0.2, 0) is 23.0 Å². The summed E-state index contributed by atoms with van der Waals surface area (Å²) in [5, 5.41) is 0. The number of benzene rings is 2. The second-order valence-corrected chi connectivity index (χ2v) is 6.79. The van der Waals surface area contributed by atoms with E-state index in [4.69, 9.17) is 0 Å². The first kappa shape index (κ1) is 14.8. The Kier molecular flexibility index (Phi) is 4.57. The van der Waals surface area contributed by atoms with Crippen LogP contribution in [0.5, 0.6) is 0 Å². The average molecular weight is 289 g/mol. The standard InChI is InChI=1S/C16H19NO2S/c1-3-14-9-11-15(12-10-14)13-17(2)20(18,19)16-7-5-4-6-8-16/h4-12H,3,13H2,1-2H3. The van der Waals surface area contributed by atoms with Gasteiger partial charge in [-0.15, -0.1) is 0 Å². The molecule has 0 aliphatic carbocycles. The molecule has 0 spiro atoms. The van der Waals surface area contributed by atoms with Gasteiger partial charge in [0.2, 0.25) is 10.0 Å². The highest BCUT2D eigenvalue weighted by Gasteiger charge is 2.20. The molecule has 0 fully saturated rings. The van der Waals surface area contributed by atoms with Gasteiger partial charge in [0.15, 0.2) is 0 Å². The molecule has 0 saturated carbocycles. The van der Waals surface area contributed by atoms with Crippen LogP contribution in [0, 0.1) is 0 Å². The minimum Gasteiger partial charge on any atom is -0.207 e. The third-order valence-electron chi connectivity index (χ3n) is 3.29. The summed E-state index contributed by atoms with van der Waals surface area (Å²) in [5.41, 5.74) is 2.24. The molecule has 2 rings (SSSR count). The van der Waals surface area contributed by atoms with Gasteiger partial charge < -0.3 is 0 Å². The number of hydrogen-bond donors (Lipinski definition) is 0. The molecule has 0 aliphatic rings. The molecular formula is C16H19NO2S. The van der Waals surface area contributed by atoms with E-state index in [1.54, 1.807) is 31.3 Å². The fraction of sp³-hybridized carbons (Fsp3) is 0.250. The Morgan fingerprint density at radius 3 is 2.00 bits per heavy atom. The number of rotatable bonds is 5. The number of nitrogens with zero attached hydrogens (tertiary/aromatic N) is 1. The second-order valence-electron chi connectivity index (χ2n) is 4.74. The van der Waals surface area contributed by atoms with Crippen molar-refractivity contribution in [1.82, 2.24) is 4.31 Å². The Morgan fingerprint density at radius 1 is 0.900 bits per heavy atom. The summed E-state index contributed by atoms with van der Waals surface area (Å²) in [5.74, 6) is 0. The third kappa shape index (κ3) is 3.26. The number of sulfonamides is 1. The van der Waals surface area contributed by atoms with E-state index in [1.807, 2.05) is 30.3 Å². The van der Waals surface area contributed by atoms with Gasteiger partial charge in [0.25, 0.3) is 0 Å². The molecule has 106 valence electrons. The minimum atomic E-state index is -3.42. The van der Waals surface area contributed by atoms with Gasteiger partial charge in [0, 0.05) is 13.6 Å². The molecule has 0 saturated heterocycles. The Bertz CT molecular complexity index is 649. The smallest absolute Gasteiger partial charge is 0.207 e. The molecule has 0 unspecified atom stereocenters. The van der Waals surface area contributed by atoms with Gasteiger partial charge in [-0.3, -0.25) is 0 Å². The Balaban J connectivity index is 2.16. The van der Waals surface area contributed by atoms with Crippen molar-refractivity contribution in [2.45, 2.75) is 24.8 Å². The molecular weight excluding hydrogens is 270 g/mol. The van der Waals surface area contributed by atoms with E-state index in [0.717, 1.165) is 12.0 Å². The molecule has 0 amide bonds. The van der Waals surface area contributed by atoms with Crippen LogP contribution in [0.4, 0.5) is 0 Å². The van der Waals surface area contributed by atoms with Crippen molar-refractivity contribution in [1.29, 1.82) is 0 Å². The van der Waals surface area contributed by atoms with E-state index in [2.05, 4.69) is 6.92 Å². The summed E-state index contributed by atoms with van der Waals surface area (Å²) >= 11 is 0. The van der Waals surface area contributed by atoms with E-state index in [1.165, 1.54) is 9.87 Å². The van der Waals surface area contributed by atoms with Gasteiger partial charge in [0.1, 0.15) is 0 Å². The van der Waals surface area contributed by atoms with Gasteiger partial charge >= 0.3 is 0 Å². The van der Waals surface area contributed by atoms with Gasteiger partial charge in [-0.2, -0.15) is 4.31 Å². The molecule has 20 heavy (non-hydrogen) atoms. The SMILES string of the molecule is CCc1ccc(CN(C)S(=O)(=O)c2ccccc2)cc1. The highest BCUT2D eigenvalue weighted by atomic mass is 32.2. The number of aryl methyl sites for hydroxylation is 1. The van der Waals surface area contributed by atoms with Crippen LogP contribution < -0.4 is 0 Å². The summed E-state index contributed by atoms with van der Waals surface area (Å²) in [7, 11) is -1.81. The highest BCUT2D eigenvalue weighted by molar-refractivity contribution is 7.89. The van der Waals surface area contributed by atoms with E-state index in [0.29, 0.717) is 11.4 Å². The molecule has 0 heterocycles. The molecule has 4 heteroatoms. The lowest BCUT2D eigenvalue weighted by Crippen LogP contribution is -2.26. The molecule has 2 aromatic carbocycles. The molecule has 3 nitrogen and oxygen atoms in total. The van der Waals surface area contributed by atoms with Gasteiger partial charge in [-0.1, -0.05) is 49.4 Å². The maximum atomic E-state index is 12.4. The monoisotopic (exact) mass is 289 g/mol. The van der Waals surface area contributed by atoms with E-state index >= 15 is 0 Å². The van der Waals surface area contributed by atoms with Crippen LogP contribution in [0.2, 0.25) is 0 Å². The van der Waals surface area contributed by atoms with Crippen molar-refractivity contribution in [3.05, 3.63) is 65.7 Å². The molecule has 0 radical (unpaired) electrons. The Hall–Kier alpha value is -1.65. The topological polar surface area (TPSA) is 37.4 Å². The zero-order valence-electron chi connectivity index (χ0n) is 11.8. The van der Waals surface area contributed by atoms with Gasteiger partial charge in [-0.25, -0.2) is 8.42 Å². The average Bonchev–Trinajstić information content (AvgIpc) is 2.49. The zero-order chi connectivity index (χ0) is 14.6. The largest absolute Gasteiger partial charge is 0.243 e. The quantitative estimate of drug-likeness (QED) is 0.848. The van der Waals surface area contributed by atoms with Crippen LogP contribution in [-0.4, -0.2) is 19.8 Å². The second kappa shape index (κ2) is 6.20. The lowest BCUT2D eigenvalue weighted by molar-refractivity contribution is 0.466. The van der Waals surface area contributed by atoms with Crippen molar-refractivity contribution in [3.63, 3.8) is 0 Å². The van der Waals surface area contributed by atoms with Gasteiger partial charge in [-0.05, 0) is 29.7 Å². The zero-order valence-corrected chi connectivity index (χ0v) is 12.6. The molecule has 0 bridgehead atoms. The van der Waals surface area contributed by atoms with E-state index in [-0.39, 0.29) is 0 Å². The van der Waals surface area contributed by atoms with Crippen molar-refractivity contribution in [2.24, 2.45) is 0 Å². The summed E-state index contributed by atoms with van der Waals surface area (Å²) in [6, 6.07) is 16.6. The van der Waals surface area contributed by atoms with Crippen LogP contribution in [0.25, 0.3) is 0 Å². The van der Waals surface area contributed by atoms with Crippen LogP contribution in [0.15, 0.2) is 59.5 Å². The van der Waals surface area contributed by atoms with Crippen LogP contribution in [0.1, 0.15) is 18.1 Å². The maximum Gasteiger partial charge on any atom is 0.243 e.